The molecule has 31 heavy (non-hydrogen) atoms. The Kier molecular flexibility index (Phi) is 6.68. The molecule has 1 aliphatic heterocycles. The maximum atomic E-state index is 11.6. The van der Waals surface area contributed by atoms with Crippen molar-refractivity contribution in [2.24, 2.45) is 0 Å². The van der Waals surface area contributed by atoms with Gasteiger partial charge in [-0.2, -0.15) is 0 Å². The average Bonchev–Trinajstić information content (AvgIpc) is 3.13. The number of nitrogens with one attached hydrogen (secondary N) is 1. The smallest absolute Gasteiger partial charge is 0.273 e. The van der Waals surface area contributed by atoms with E-state index in [0.717, 1.165) is 6.33 Å². The third-order valence-electron chi connectivity index (χ3n) is 3.85. The van der Waals surface area contributed by atoms with Crippen molar-refractivity contribution in [3.8, 4) is 0 Å². The number of aliphatic hydroxyl groups is 2. The summed E-state index contributed by atoms with van der Waals surface area (Å²) in [5, 5.41) is 20.3. The minimum absolute atomic E-state index is 0.0254. The lowest BCUT2D eigenvalue weighted by atomic mass is 10.1. The third-order valence-corrected chi connectivity index (χ3v) is 7.93. The molecule has 3 heterocycles. The Morgan fingerprint density at radius 3 is 2.48 bits per heavy atom. The number of aliphatic hydroxyl groups excluding tert-OH is 2. The normalized spacial score (nSPS) is 28.5. The first kappa shape index (κ1) is 24.3. The van der Waals surface area contributed by atoms with Crippen molar-refractivity contribution in [3.05, 3.63) is 12.7 Å². The van der Waals surface area contributed by atoms with Gasteiger partial charge in [0.1, 0.15) is 30.2 Å². The number of nitrogens with zero attached hydrogens (tertiary/aromatic N) is 4. The van der Waals surface area contributed by atoms with Crippen molar-refractivity contribution in [1.29, 1.82) is 0 Å². The van der Waals surface area contributed by atoms with Crippen LogP contribution in [0.3, 0.4) is 0 Å². The first-order valence-electron chi connectivity index (χ1n) is 7.93. The van der Waals surface area contributed by atoms with E-state index >= 15 is 0 Å². The molecule has 1 aliphatic rings. The Morgan fingerprint density at radius 2 is 1.84 bits per heavy atom. The third kappa shape index (κ3) is 5.71. The number of phosphoric ester groups is 1. The second-order valence-electron chi connectivity index (χ2n) is 6.05. The number of phosphoric acid groups is 1. The van der Waals surface area contributed by atoms with E-state index in [1.165, 1.54) is 10.9 Å². The summed E-state index contributed by atoms with van der Waals surface area (Å²) >= 11 is 0. The number of fused-ring (bicyclic) bond motifs is 1. The van der Waals surface area contributed by atoms with Gasteiger partial charge in [0.15, 0.2) is 17.7 Å². The van der Waals surface area contributed by atoms with Gasteiger partial charge in [0.2, 0.25) is 7.75 Å². The lowest BCUT2D eigenvalue weighted by Crippen LogP contribution is -2.34. The van der Waals surface area contributed by atoms with Crippen molar-refractivity contribution >= 4 is 40.3 Å². The van der Waals surface area contributed by atoms with Crippen LogP contribution in [-0.4, -0.2) is 54.7 Å². The standard InChI is InChI=1S/C10H17N6O12P3/c11-8-5-9(13-2-12-8)16(3-14-5)10-7(18)6(17)4(27-10)1-26-31(24,25)28-30(22,23)15-29(19,20)21/h2-4,6-7,10,17-18H,1H2,(H,24,25)(H2,11,12,13)(H4,15,19,20,21,22,23)/p-4/t4-,6-,7-,10?/m1/s1. The van der Waals surface area contributed by atoms with Crippen LogP contribution in [0.1, 0.15) is 6.23 Å². The van der Waals surface area contributed by atoms with Crippen molar-refractivity contribution in [2.45, 2.75) is 24.5 Å². The summed E-state index contributed by atoms with van der Waals surface area (Å²) in [6, 6.07) is 0. The van der Waals surface area contributed by atoms with E-state index in [0.29, 0.717) is 4.86 Å². The molecule has 0 amide bonds. The first-order valence-corrected chi connectivity index (χ1v) is 12.5. The van der Waals surface area contributed by atoms with Gasteiger partial charge in [0.25, 0.3) is 7.82 Å². The summed E-state index contributed by atoms with van der Waals surface area (Å²) in [4.78, 5) is 55.8. The quantitative estimate of drug-likeness (QED) is 0.247. The molecule has 0 saturated carbocycles. The van der Waals surface area contributed by atoms with Gasteiger partial charge in [-0.15, -0.1) is 0 Å². The van der Waals surface area contributed by atoms with Crippen molar-refractivity contribution in [2.75, 3.05) is 12.3 Å². The highest BCUT2D eigenvalue weighted by molar-refractivity contribution is 7.68. The number of hydrogen-bond donors (Lipinski definition) is 4. The lowest BCUT2D eigenvalue weighted by Gasteiger charge is -2.39. The van der Waals surface area contributed by atoms with Gasteiger partial charge in [0, 0.05) is 7.75 Å². The number of ether oxygens (including phenoxy) is 1. The second-order valence-corrected chi connectivity index (χ2v) is 10.6. The van der Waals surface area contributed by atoms with Gasteiger partial charge in [0.05, 0.1) is 12.9 Å². The number of imidazole rings is 1. The van der Waals surface area contributed by atoms with E-state index < -0.39 is 54.5 Å². The number of aromatic nitrogens is 4. The van der Waals surface area contributed by atoms with E-state index in [2.05, 4.69) is 23.8 Å². The van der Waals surface area contributed by atoms with E-state index in [9.17, 15) is 43.5 Å². The molecule has 0 bridgehead atoms. The van der Waals surface area contributed by atoms with Gasteiger partial charge in [-0.1, -0.05) is 0 Å². The minimum atomic E-state index is -5.89. The fourth-order valence-corrected chi connectivity index (χ4v) is 5.89. The molecule has 18 nitrogen and oxygen atoms in total. The van der Waals surface area contributed by atoms with E-state index in [-0.39, 0.29) is 17.0 Å². The van der Waals surface area contributed by atoms with E-state index in [4.69, 9.17) is 10.5 Å². The molecule has 0 radical (unpaired) electrons. The zero-order chi connectivity index (χ0) is 23.2. The maximum Gasteiger partial charge on any atom is 0.273 e. The zero-order valence-electron chi connectivity index (χ0n) is 14.9. The summed E-state index contributed by atoms with van der Waals surface area (Å²) < 4.78 is 47.6. The van der Waals surface area contributed by atoms with Crippen LogP contribution in [0.2, 0.25) is 0 Å². The molecule has 5 N–H and O–H groups in total. The van der Waals surface area contributed by atoms with Crippen LogP contribution >= 0.6 is 23.3 Å². The molecule has 6 atom stereocenters. The predicted molar refractivity (Wildman–Crippen MR) is 88.7 cm³/mol. The van der Waals surface area contributed by atoms with Gasteiger partial charge in [-0.3, -0.25) is 18.0 Å². The molecular formula is C10H13N6O12P3-4. The molecule has 2 aromatic heterocycles. The molecule has 0 aromatic carbocycles. The molecule has 174 valence electrons. The Bertz CT molecular complexity index is 1110. The summed E-state index contributed by atoms with van der Waals surface area (Å²) in [6.07, 6.45) is -3.92. The SMILES string of the molecule is Nc1ncnc2c1ncn2C1O[C@H](COP(=O)([O-])OP(=O)([O-])NP(=O)([O-])[O-])[C@@H](O)[C@H]1O. The average molecular weight is 502 g/mol. The highest BCUT2D eigenvalue weighted by Gasteiger charge is 2.45. The highest BCUT2D eigenvalue weighted by Crippen LogP contribution is 2.55. The zero-order valence-corrected chi connectivity index (χ0v) is 17.5. The number of hydrogen-bond acceptors (Lipinski definition) is 16. The molecule has 0 spiro atoms. The van der Waals surface area contributed by atoms with Gasteiger partial charge in [-0.05, 0) is 0 Å². The fourth-order valence-electron chi connectivity index (χ4n) is 2.64. The summed E-state index contributed by atoms with van der Waals surface area (Å²) in [5.41, 5.74) is 5.94. The highest BCUT2D eigenvalue weighted by atomic mass is 31.3. The monoisotopic (exact) mass is 502 g/mol. The first-order chi connectivity index (χ1) is 14.2. The van der Waals surface area contributed by atoms with Crippen molar-refractivity contribution < 1.29 is 57.1 Å². The second kappa shape index (κ2) is 8.53. The van der Waals surface area contributed by atoms with Crippen LogP contribution in [0.25, 0.3) is 11.2 Å². The molecule has 3 unspecified atom stereocenters. The number of rotatable bonds is 8. The molecule has 2 aromatic rings. The topological polar surface area (TPSA) is 293 Å². The number of anilines is 1. The van der Waals surface area contributed by atoms with Gasteiger partial charge < -0.3 is 49.3 Å². The molecule has 1 saturated heterocycles. The maximum absolute atomic E-state index is 11.6. The van der Waals surface area contributed by atoms with Crippen LogP contribution < -0.4 is 30.2 Å². The molecule has 3 rings (SSSR count). The van der Waals surface area contributed by atoms with Crippen LogP contribution in [-0.2, 0) is 27.3 Å². The Hall–Kier alpha value is -1.36. The molecule has 0 aliphatic carbocycles. The molecule has 1 fully saturated rings. The van der Waals surface area contributed by atoms with Crippen LogP contribution in [0.5, 0.6) is 0 Å². The largest absolute Gasteiger partial charge is 0.799 e. The van der Waals surface area contributed by atoms with Crippen LogP contribution in [0.4, 0.5) is 5.82 Å². The van der Waals surface area contributed by atoms with Gasteiger partial charge in [-0.25, -0.2) is 19.8 Å². The predicted octanol–water partition coefficient (Wildman–Crippen LogP) is -4.58. The van der Waals surface area contributed by atoms with Crippen molar-refractivity contribution in [1.82, 2.24) is 24.4 Å². The number of nitrogen functional groups attached to an aromatic ring is 1. The van der Waals surface area contributed by atoms with E-state index in [1.807, 2.05) is 0 Å². The lowest BCUT2D eigenvalue weighted by molar-refractivity contribution is -0.317. The van der Waals surface area contributed by atoms with Gasteiger partial charge >= 0.3 is 0 Å². The van der Waals surface area contributed by atoms with Crippen LogP contribution in [0, 0.1) is 0 Å². The Labute approximate surface area is 172 Å². The Morgan fingerprint density at radius 1 is 1.16 bits per heavy atom. The van der Waals surface area contributed by atoms with Crippen molar-refractivity contribution in [3.63, 3.8) is 0 Å². The minimum Gasteiger partial charge on any atom is -0.799 e. The summed E-state index contributed by atoms with van der Waals surface area (Å²) in [7, 11) is -17.5. The Balaban J connectivity index is 1.69. The fraction of sp³-hybridized carbons (Fsp3) is 0.500. The summed E-state index contributed by atoms with van der Waals surface area (Å²) in [5.74, 6) is 0.0254. The van der Waals surface area contributed by atoms with Crippen LogP contribution in [0.15, 0.2) is 12.7 Å². The molecule has 21 heteroatoms. The van der Waals surface area contributed by atoms with E-state index in [1.54, 1.807) is 0 Å². The number of nitrogens with two attached hydrogens (primary N) is 1. The summed E-state index contributed by atoms with van der Waals surface area (Å²) in [6.45, 7) is -1.05. The molecular weight excluding hydrogens is 489 g/mol.